The number of rotatable bonds is 24. The average molecular weight is 1400 g/mol. The second-order valence-corrected chi connectivity index (χ2v) is 23.9. The Morgan fingerprint density at radius 1 is 0.274 bits per heavy atom. The molecule has 8 rings (SSSR count). The molecule has 0 aromatic rings. The molecular weight excluding hydrogens is 1310 g/mol. The van der Waals surface area contributed by atoms with Gasteiger partial charge in [-0.05, 0) is 0 Å². The first-order chi connectivity index (χ1) is 44.9. The second kappa shape index (κ2) is 33.9. The van der Waals surface area contributed by atoms with Crippen molar-refractivity contribution in [2.45, 2.75) is 259 Å². The van der Waals surface area contributed by atoms with Crippen molar-refractivity contribution in [3.63, 3.8) is 0 Å². The number of hydrogen-bond acceptors (Lipinski definition) is 41. The van der Waals surface area contributed by atoms with E-state index in [1.165, 1.54) is 0 Å². The molecule has 0 saturated carbocycles. The fourth-order valence-corrected chi connectivity index (χ4v) is 12.1. The smallest absolute Gasteiger partial charge is 0.217 e. The average Bonchev–Trinajstić information content (AvgIpc) is 0.779. The Hall–Kier alpha value is -2.62. The normalized spacial score (nSPS) is 50.8. The lowest BCUT2D eigenvalue weighted by molar-refractivity contribution is -0.399. The van der Waals surface area contributed by atoms with Gasteiger partial charge in [0.2, 0.25) is 11.8 Å². The van der Waals surface area contributed by atoms with Crippen LogP contribution >= 0.6 is 0 Å². The van der Waals surface area contributed by atoms with Gasteiger partial charge < -0.3 is 204 Å². The van der Waals surface area contributed by atoms with E-state index in [2.05, 4.69) is 10.6 Å². The van der Waals surface area contributed by atoms with E-state index < -0.39 is 310 Å². The highest BCUT2D eigenvalue weighted by Gasteiger charge is 2.59. The summed E-state index contributed by atoms with van der Waals surface area (Å²) in [4.78, 5) is 24.9. The van der Waals surface area contributed by atoms with E-state index in [1.807, 2.05) is 0 Å². The van der Waals surface area contributed by atoms with Gasteiger partial charge in [0.25, 0.3) is 0 Å². The predicted octanol–water partition coefficient (Wildman–Crippen LogP) is -18.2. The molecule has 43 nitrogen and oxygen atoms in total. The maximum absolute atomic E-state index is 12.8. The minimum absolute atomic E-state index is 0.766. The summed E-state index contributed by atoms with van der Waals surface area (Å²) in [6, 6.07) is -3.49. The third-order valence-electron chi connectivity index (χ3n) is 17.4. The molecule has 43 heteroatoms. The summed E-state index contributed by atoms with van der Waals surface area (Å²) in [6.07, 6.45) is -77.9. The van der Waals surface area contributed by atoms with E-state index in [4.69, 9.17) is 71.1 Å². The third kappa shape index (κ3) is 17.0. The number of carbonyl (C=O) groups is 2. The third-order valence-corrected chi connectivity index (χ3v) is 17.4. The van der Waals surface area contributed by atoms with E-state index in [0.717, 1.165) is 13.8 Å². The summed E-state index contributed by atoms with van der Waals surface area (Å²) < 4.78 is 86.6. The summed E-state index contributed by atoms with van der Waals surface area (Å²) in [6.45, 7) is -6.26. The van der Waals surface area contributed by atoms with Crippen LogP contribution in [0.4, 0.5) is 0 Å². The van der Waals surface area contributed by atoms with Gasteiger partial charge in [0.05, 0.1) is 52.9 Å². The van der Waals surface area contributed by atoms with Gasteiger partial charge in [-0.15, -0.1) is 0 Å². The van der Waals surface area contributed by atoms with E-state index in [-0.39, 0.29) is 0 Å². The summed E-state index contributed by atoms with van der Waals surface area (Å²) in [5.41, 5.74) is 0. The van der Waals surface area contributed by atoms with Crippen LogP contribution in [0.15, 0.2) is 0 Å². The van der Waals surface area contributed by atoms with E-state index >= 15 is 0 Å². The minimum Gasteiger partial charge on any atom is -0.394 e. The highest BCUT2D eigenvalue weighted by Crippen LogP contribution is 2.38. The molecular formula is C52H88N2O41. The first-order valence-electron chi connectivity index (χ1n) is 30.1. The van der Waals surface area contributed by atoms with Gasteiger partial charge in [0, 0.05) is 13.8 Å². The fraction of sp³-hybridized carbons (Fsp3) is 0.962. The molecule has 8 aliphatic rings. The summed E-state index contributed by atoms with van der Waals surface area (Å²) in [5.74, 6) is -1.68. The van der Waals surface area contributed by atoms with Crippen LogP contribution in [0.5, 0.6) is 0 Å². The molecule has 0 aromatic carbocycles. The predicted molar refractivity (Wildman–Crippen MR) is 288 cm³/mol. The first-order valence-corrected chi connectivity index (χ1v) is 30.1. The molecule has 0 spiro atoms. The molecule has 0 unspecified atom stereocenters. The van der Waals surface area contributed by atoms with Crippen molar-refractivity contribution in [1.82, 2.24) is 10.6 Å². The molecule has 26 N–H and O–H groups in total. The molecule has 0 aromatic heterocycles. The van der Waals surface area contributed by atoms with Crippen molar-refractivity contribution < 1.29 is 203 Å². The van der Waals surface area contributed by atoms with E-state index in [0.29, 0.717) is 0 Å². The number of carbonyl (C=O) groups excluding carboxylic acids is 2. The van der Waals surface area contributed by atoms with E-state index in [1.54, 1.807) is 0 Å². The zero-order valence-corrected chi connectivity index (χ0v) is 50.4. The van der Waals surface area contributed by atoms with Gasteiger partial charge in [-0.25, -0.2) is 0 Å². The molecule has 8 heterocycles. The highest BCUT2D eigenvalue weighted by molar-refractivity contribution is 5.73. The lowest BCUT2D eigenvalue weighted by Crippen LogP contribution is -2.70. The van der Waals surface area contributed by atoms with Crippen molar-refractivity contribution in [3.8, 4) is 0 Å². The second-order valence-electron chi connectivity index (χ2n) is 23.9. The zero-order chi connectivity index (χ0) is 69.9. The van der Waals surface area contributed by atoms with Crippen LogP contribution in [0.25, 0.3) is 0 Å². The van der Waals surface area contributed by atoms with Crippen LogP contribution in [-0.2, 0) is 80.6 Å². The number of amides is 2. The Kier molecular flexibility index (Phi) is 27.9. The molecule has 552 valence electrons. The Balaban J connectivity index is 1.12. The Morgan fingerprint density at radius 3 is 1.02 bits per heavy atom. The number of aliphatic hydroxyl groups is 24. The van der Waals surface area contributed by atoms with Crippen LogP contribution in [0.2, 0.25) is 0 Å². The van der Waals surface area contributed by atoms with Crippen LogP contribution < -0.4 is 10.6 Å². The maximum atomic E-state index is 12.8. The van der Waals surface area contributed by atoms with Crippen LogP contribution in [0, 0.1) is 0 Å². The van der Waals surface area contributed by atoms with E-state index in [9.17, 15) is 132 Å². The summed E-state index contributed by atoms with van der Waals surface area (Å²) in [7, 11) is 0. The molecule has 8 saturated heterocycles. The van der Waals surface area contributed by atoms with Crippen LogP contribution in [0.1, 0.15) is 13.8 Å². The zero-order valence-electron chi connectivity index (χ0n) is 50.4. The minimum atomic E-state index is -2.49. The summed E-state index contributed by atoms with van der Waals surface area (Å²) >= 11 is 0. The molecule has 95 heavy (non-hydrogen) atoms. The molecule has 40 atom stereocenters. The molecule has 8 aliphatic heterocycles. The van der Waals surface area contributed by atoms with Gasteiger partial charge in [-0.2, -0.15) is 0 Å². The number of nitrogens with one attached hydrogen (secondary N) is 2. The quantitative estimate of drug-likeness (QED) is 0.0427. The Labute approximate surface area is 536 Å². The van der Waals surface area contributed by atoms with Gasteiger partial charge >= 0.3 is 0 Å². The molecule has 8 fully saturated rings. The largest absolute Gasteiger partial charge is 0.394 e. The summed E-state index contributed by atoms with van der Waals surface area (Å²) in [5, 5.41) is 266. The monoisotopic (exact) mass is 1400 g/mol. The highest BCUT2D eigenvalue weighted by atomic mass is 16.8. The standard InChI is InChI=1S/C52H88N2O41/c1-11(61)53-21-29(69)40(17(7-59)83-45(21)80)91-46-22(54-12(2)62)30(70)41(18(8-60)88-46)92-51-39(79)43(94-52-44(34(74)26(66)16(6-58)87-52)95-50-37(77)33(73)25(65)15(5-57)86-50)28(68)20(90-51)10-82-48-38(78)42(93-49-36(76)32(72)24(64)14(4-56)85-49)27(67)19(89-48)9-81-47-35(75)31(71)23(63)13(3-55)84-47/h13-52,55-60,63-80H,3-10H2,1-2H3,(H,53,61)(H,54,62)/t13-,14-,15-,16-,17-,18-,19-,20-,21-,22-,23-,24-,25-,26-,27-,28-,29-,30-,31+,32+,33+,34+,35+,36+,37+,38+,39+,40-,41-,42+,43+,44+,45-,46+,47-,48-,49+,50+,51-,52+/m1/s1. The molecule has 2 amide bonds. The van der Waals surface area contributed by atoms with Crippen LogP contribution in [-0.4, -0.2) is 433 Å². The van der Waals surface area contributed by atoms with Gasteiger partial charge in [-0.1, -0.05) is 0 Å². The molecule has 0 radical (unpaired) electrons. The maximum Gasteiger partial charge on any atom is 0.217 e. The molecule has 0 bridgehead atoms. The Bertz CT molecular complexity index is 2380. The molecule has 0 aliphatic carbocycles. The van der Waals surface area contributed by atoms with Gasteiger partial charge in [0.15, 0.2) is 50.3 Å². The van der Waals surface area contributed by atoms with Crippen molar-refractivity contribution in [2.75, 3.05) is 52.9 Å². The lowest BCUT2D eigenvalue weighted by atomic mass is 9.94. The topological polar surface area (TPSA) is 682 Å². The van der Waals surface area contributed by atoms with Crippen molar-refractivity contribution in [1.29, 1.82) is 0 Å². The van der Waals surface area contributed by atoms with Crippen LogP contribution in [0.3, 0.4) is 0 Å². The fourth-order valence-electron chi connectivity index (χ4n) is 12.1. The Morgan fingerprint density at radius 2 is 0.568 bits per heavy atom. The van der Waals surface area contributed by atoms with Crippen molar-refractivity contribution in [2.24, 2.45) is 0 Å². The SMILES string of the molecule is CC(=O)N[C@@H]1[C@@H](O)[C@H](O[C@@H]2O[C@H](CO)[C@@H](O[C@H]3O[C@H](CO[C@@H]4O[C@H](CO[C@@H]5O[C@H](CO)[C@@H](O)[C@H](O)[C@@H]5O)[C@@H](O)[C@H](O[C@@H]5O[C@H](CO)[C@@H](O)[C@H](O)[C@@H]5O)[C@@H]4O)[C@@H](O)[C@H](O[C@@H]4O[C@H](CO)[C@@H](O)[C@H](O)[C@@H]4O[C@@H]4O[C@H](CO)[C@@H](O)[C@H](O)[C@@H]4O)[C@@H]3O)[C@H](O)[C@H]2NC(C)=O)[C@@H](CO)O[C@H]1O. The van der Waals surface area contributed by atoms with Gasteiger partial charge in [0.1, 0.15) is 195 Å². The number of ether oxygens (including phenoxy) is 15. The van der Waals surface area contributed by atoms with Crippen molar-refractivity contribution in [3.05, 3.63) is 0 Å². The number of aliphatic hydroxyl groups excluding tert-OH is 24. The number of hydrogen-bond donors (Lipinski definition) is 26. The van der Waals surface area contributed by atoms with Gasteiger partial charge in [-0.3, -0.25) is 9.59 Å². The lowest BCUT2D eigenvalue weighted by Gasteiger charge is -2.50. The van der Waals surface area contributed by atoms with Crippen molar-refractivity contribution >= 4 is 11.8 Å². The first kappa shape index (κ1) is 78.1.